The van der Waals surface area contributed by atoms with E-state index in [1.807, 2.05) is 102 Å². The molecular formula is C72H108BN5O18. The van der Waals surface area contributed by atoms with Crippen molar-refractivity contribution in [3.63, 3.8) is 0 Å². The van der Waals surface area contributed by atoms with Gasteiger partial charge in [0.25, 0.3) is 17.6 Å². The second-order valence-corrected chi connectivity index (χ2v) is 27.1. The summed E-state index contributed by atoms with van der Waals surface area (Å²) in [6.45, 7) is 16.7. The van der Waals surface area contributed by atoms with E-state index in [1.54, 1.807) is 41.1 Å². The van der Waals surface area contributed by atoms with E-state index in [4.69, 9.17) is 28.4 Å². The van der Waals surface area contributed by atoms with Crippen molar-refractivity contribution in [3.05, 3.63) is 108 Å². The molecule has 3 fully saturated rings. The zero-order chi connectivity index (χ0) is 70.8. The third-order valence-electron chi connectivity index (χ3n) is 19.0. The van der Waals surface area contributed by atoms with Gasteiger partial charge in [-0.15, -0.1) is 0 Å². The lowest BCUT2D eigenvalue weighted by atomic mass is 9.75. The normalized spacial score (nSPS) is 31.5. The minimum absolute atomic E-state index is 0.0158. The minimum Gasteiger partial charge on any atom is -0.460 e. The number of carbonyl (C=O) groups excluding carboxylic acids is 7. The van der Waals surface area contributed by atoms with Gasteiger partial charge < -0.3 is 69.3 Å². The number of aliphatic hydroxyl groups excluding tert-OH is 2. The van der Waals surface area contributed by atoms with Crippen molar-refractivity contribution >= 4 is 48.2 Å². The molecule has 0 spiro atoms. The smallest absolute Gasteiger partial charge is 0.460 e. The predicted molar refractivity (Wildman–Crippen MR) is 361 cm³/mol. The summed E-state index contributed by atoms with van der Waals surface area (Å²) in [6.07, 6.45) is 16.8. The van der Waals surface area contributed by atoms with Crippen molar-refractivity contribution in [1.29, 1.82) is 0 Å². The number of fused-ring (bicyclic) bond motifs is 3. The summed E-state index contributed by atoms with van der Waals surface area (Å²) in [5.41, 5.74) is 2.21. The van der Waals surface area contributed by atoms with Crippen LogP contribution in [0.25, 0.3) is 0 Å². The van der Waals surface area contributed by atoms with Gasteiger partial charge >= 0.3 is 13.1 Å². The summed E-state index contributed by atoms with van der Waals surface area (Å²) in [5, 5.41) is 57.2. The molecule has 2 saturated heterocycles. The topological polar surface area (TPSA) is 329 Å². The van der Waals surface area contributed by atoms with E-state index in [2.05, 4.69) is 20.6 Å². The van der Waals surface area contributed by atoms with E-state index in [-0.39, 0.29) is 92.2 Å². The fourth-order valence-electron chi connectivity index (χ4n) is 13.2. The molecule has 4 aliphatic rings. The number of nitrogens with one attached hydrogen (secondary N) is 2. The van der Waals surface area contributed by atoms with Crippen LogP contribution in [-0.2, 0) is 63.6 Å². The number of rotatable bonds is 18. The van der Waals surface area contributed by atoms with Gasteiger partial charge in [0, 0.05) is 77.3 Å². The van der Waals surface area contributed by atoms with Crippen LogP contribution >= 0.6 is 0 Å². The Balaban J connectivity index is 0.000000494. The summed E-state index contributed by atoms with van der Waals surface area (Å²) in [5.74, 6) is -9.68. The number of nitrogens with zero attached hydrogens (tertiary/aromatic N) is 3. The third-order valence-corrected chi connectivity index (χ3v) is 19.0. The number of aromatic nitrogens is 2. The highest BCUT2D eigenvalue weighted by Crippen LogP contribution is 2.38. The first-order valence-corrected chi connectivity index (χ1v) is 34.1. The molecule has 4 heterocycles. The molecule has 0 unspecified atom stereocenters. The molecule has 1 aromatic carbocycles. The molecule has 532 valence electrons. The molecule has 1 aromatic heterocycles. The Bertz CT molecular complexity index is 2930. The van der Waals surface area contributed by atoms with Crippen LogP contribution in [-0.4, -0.2) is 196 Å². The average molecular weight is 1340 g/mol. The number of allylic oxidation sites excluding steroid dienone is 6. The Morgan fingerprint density at radius 2 is 1.57 bits per heavy atom. The zero-order valence-electron chi connectivity index (χ0n) is 58.4. The third kappa shape index (κ3) is 24.1. The van der Waals surface area contributed by atoms with Crippen molar-refractivity contribution in [3.8, 4) is 0 Å². The van der Waals surface area contributed by atoms with Crippen molar-refractivity contribution < 1.29 is 87.4 Å². The molecule has 2 aromatic rings. The lowest BCUT2D eigenvalue weighted by molar-refractivity contribution is -0.265. The fraction of sp³-hybridized carbons (Fsp3) is 0.653. The number of carbonyl (C=O) groups is 7. The van der Waals surface area contributed by atoms with Crippen LogP contribution in [0.2, 0.25) is 0 Å². The first-order valence-electron chi connectivity index (χ1n) is 34.1. The maximum absolute atomic E-state index is 14.5. The van der Waals surface area contributed by atoms with Crippen molar-refractivity contribution in [2.75, 3.05) is 41.1 Å². The Morgan fingerprint density at radius 1 is 0.844 bits per heavy atom. The Labute approximate surface area is 567 Å². The quantitative estimate of drug-likeness (QED) is 0.0360. The molecule has 24 heteroatoms. The van der Waals surface area contributed by atoms with E-state index in [0.29, 0.717) is 69.8 Å². The van der Waals surface area contributed by atoms with E-state index >= 15 is 0 Å². The van der Waals surface area contributed by atoms with Gasteiger partial charge in [0.05, 0.1) is 49.8 Å². The number of benzene rings is 1. The summed E-state index contributed by atoms with van der Waals surface area (Å²) < 4.78 is 35.6. The van der Waals surface area contributed by atoms with E-state index in [9.17, 15) is 58.9 Å². The standard InChI is InChI=1S/C53H83NO14.C19H25BN4O4/c1-32-16-12-11-13-17-33(2)44(63-8)30-40-21-19-38(7)53(62,68-40)50(59)51(60)54-23-15-14-18-41(54)52(61)67-45(35(4)28-39-20-22-43(66-25-24-55)46(29-39)64-9)31-42(56)34(3)27-37(6)48(58)49(65-10)47(57)36(5)26-32;1-13(2)10-17(20(27)28)24-18(25)15(11-14-6-4-3-5-7-14)23-19(26)16-12-21-8-9-22-16/h11-13,16-17,27,32,34-36,38-41,43-46,48-49,55,58,62H,14-15,18-26,28-31H2,1-10H3;3-9,12-13,15,17,27-28H,10-11H2,1-2H3,(H,23,26)(H,24,25)/b13-11+,16-12+,33-17+,37-27+;/t32-,34-,35-,36-,38-,39+,40+,41+,43-,44+,45+,46-,48-,49+,53-;15-,17-/m10/s1. The number of ketones is 3. The van der Waals surface area contributed by atoms with Gasteiger partial charge in [0.2, 0.25) is 11.7 Å². The Kier molecular flexibility index (Phi) is 33.6. The van der Waals surface area contributed by atoms with Crippen LogP contribution in [0.3, 0.4) is 0 Å². The number of amides is 3. The summed E-state index contributed by atoms with van der Waals surface area (Å²) in [4.78, 5) is 105. The molecule has 2 bridgehead atoms. The van der Waals surface area contributed by atoms with Crippen molar-refractivity contribution in [1.82, 2.24) is 25.5 Å². The van der Waals surface area contributed by atoms with Gasteiger partial charge in [0.15, 0.2) is 5.78 Å². The van der Waals surface area contributed by atoms with Crippen LogP contribution in [0.15, 0.2) is 96.5 Å². The lowest BCUT2D eigenvalue weighted by Gasteiger charge is -2.42. The number of hydrogen-bond acceptors (Lipinski definition) is 20. The predicted octanol–water partition coefficient (Wildman–Crippen LogP) is 6.56. The largest absolute Gasteiger partial charge is 0.475 e. The van der Waals surface area contributed by atoms with Gasteiger partial charge in [-0.05, 0) is 125 Å². The highest BCUT2D eigenvalue weighted by atomic mass is 16.6. The summed E-state index contributed by atoms with van der Waals surface area (Å²) >= 11 is 0. The average Bonchev–Trinajstić information content (AvgIpc) is 0.774. The second kappa shape index (κ2) is 40.0. The molecule has 23 nitrogen and oxygen atoms in total. The second-order valence-electron chi connectivity index (χ2n) is 27.1. The van der Waals surface area contributed by atoms with Crippen LogP contribution in [0.5, 0.6) is 0 Å². The first kappa shape index (κ1) is 80.5. The number of ether oxygens (including phenoxy) is 6. The van der Waals surface area contributed by atoms with Crippen LogP contribution < -0.4 is 10.6 Å². The number of cyclic esters (lactones) is 1. The fourth-order valence-corrected chi connectivity index (χ4v) is 13.2. The molecule has 0 radical (unpaired) electrons. The molecule has 17 atom stereocenters. The number of piperidine rings is 1. The maximum atomic E-state index is 14.5. The molecule has 1 aliphatic carbocycles. The molecular weight excluding hydrogens is 1230 g/mol. The van der Waals surface area contributed by atoms with E-state index < -0.39 is 109 Å². The molecule has 3 amide bonds. The van der Waals surface area contributed by atoms with Crippen molar-refractivity contribution in [2.45, 2.75) is 219 Å². The number of aliphatic hydroxyl groups is 3. The number of hydrogen-bond donors (Lipinski definition) is 7. The van der Waals surface area contributed by atoms with Crippen LogP contribution in [0.4, 0.5) is 0 Å². The van der Waals surface area contributed by atoms with Crippen LogP contribution in [0.1, 0.15) is 162 Å². The molecule has 6 rings (SSSR count). The Morgan fingerprint density at radius 3 is 2.22 bits per heavy atom. The molecule has 1 saturated carbocycles. The minimum atomic E-state index is -2.43. The van der Waals surface area contributed by atoms with E-state index in [1.165, 1.54) is 30.6 Å². The van der Waals surface area contributed by atoms with Crippen LogP contribution in [0, 0.1) is 41.4 Å². The lowest BCUT2D eigenvalue weighted by Crippen LogP contribution is -2.61. The van der Waals surface area contributed by atoms with Crippen molar-refractivity contribution in [2.24, 2.45) is 41.4 Å². The van der Waals surface area contributed by atoms with Gasteiger partial charge in [0.1, 0.15) is 41.9 Å². The highest BCUT2D eigenvalue weighted by molar-refractivity contribution is 6.43. The molecule has 7 N–H and O–H groups in total. The van der Waals surface area contributed by atoms with E-state index in [0.717, 1.165) is 17.6 Å². The number of esters is 1. The number of methoxy groups -OCH3 is 3. The SMILES string of the molecule is CC(C)C[C@H](NC(=O)[C@H](Cc1ccccc1)NC(=O)c1cnccn1)B(O)O.CO[C@H]1C[C@@H]2CC[C@@H](C)[C@@](O)(O2)C(=O)C(=O)N2CCCC[C@H]2C(=O)O[C@H]([C@H](C)C[C@@H]2CC[C@@H](OCCO)[C@H](OC)C2)CC(=O)[C@H](C)/C=C(\C)[C@@H](O)[C@@H](OC)C(=O)[C@H](C)C[C@H](C)/C=C/C=C/C=C/1C. The maximum Gasteiger partial charge on any atom is 0.475 e. The monoisotopic (exact) mass is 1340 g/mol. The summed E-state index contributed by atoms with van der Waals surface area (Å²) in [6, 6.07) is 7.18. The number of Topliss-reactive ketones (excluding diaryl/α,β-unsaturated/α-hetero) is 3. The molecule has 3 aliphatic heterocycles. The van der Waals surface area contributed by atoms with Gasteiger partial charge in [-0.1, -0.05) is 115 Å². The molecule has 96 heavy (non-hydrogen) atoms. The van der Waals surface area contributed by atoms with Gasteiger partial charge in [-0.3, -0.25) is 33.8 Å². The van der Waals surface area contributed by atoms with Gasteiger partial charge in [-0.2, -0.15) is 0 Å². The first-order chi connectivity index (χ1) is 45.7. The summed E-state index contributed by atoms with van der Waals surface area (Å²) in [7, 11) is 2.89. The highest BCUT2D eigenvalue weighted by Gasteiger charge is 2.53. The Hall–Kier alpha value is -6.19. The zero-order valence-corrected chi connectivity index (χ0v) is 58.4. The van der Waals surface area contributed by atoms with Gasteiger partial charge in [-0.25, -0.2) is 9.78 Å².